The molecule has 0 saturated carbocycles. The summed E-state index contributed by atoms with van der Waals surface area (Å²) >= 11 is 0. The molecule has 0 heterocycles. The number of rotatable bonds is 3. The molecule has 0 aromatic rings. The van der Waals surface area contributed by atoms with Crippen LogP contribution in [0.1, 0.15) is 0 Å². The standard InChI is InChI=1S/C4H8F3NO3S2/c1-12(3-2-9)8-13(10,11)4(5,6)7/h3,8-9H,2H2,1H3. The SMILES string of the molecule is C/S(=C\CO)NS(=O)(=O)C(F)(F)F. The van der Waals surface area contributed by atoms with Gasteiger partial charge in [0.25, 0.3) is 0 Å². The molecule has 0 aliphatic heterocycles. The Hall–Kier alpha value is -0.120. The summed E-state index contributed by atoms with van der Waals surface area (Å²) in [5, 5.41) is 9.29. The Balaban J connectivity index is 4.64. The molecular weight excluding hydrogens is 231 g/mol. The summed E-state index contributed by atoms with van der Waals surface area (Å²) in [4.78, 5) is 0. The number of sulfonamides is 1. The number of alkyl halides is 3. The first-order chi connectivity index (χ1) is 5.70. The number of aliphatic hydroxyl groups is 1. The second-order valence-electron chi connectivity index (χ2n) is 1.94. The summed E-state index contributed by atoms with van der Waals surface area (Å²) in [5.74, 6) is 0. The molecule has 0 saturated heterocycles. The van der Waals surface area contributed by atoms with E-state index in [1.165, 1.54) is 10.4 Å². The number of nitrogens with one attached hydrogen (secondary N) is 1. The largest absolute Gasteiger partial charge is 0.512 e. The summed E-state index contributed by atoms with van der Waals surface area (Å²) in [6, 6.07) is 0. The van der Waals surface area contributed by atoms with Gasteiger partial charge in [0.05, 0.1) is 6.61 Å². The highest BCUT2D eigenvalue weighted by atomic mass is 32.3. The summed E-state index contributed by atoms with van der Waals surface area (Å²) in [5.41, 5.74) is -5.31. The second-order valence-corrected chi connectivity index (χ2v) is 5.52. The minimum Gasteiger partial charge on any atom is -0.392 e. The third-order valence-electron chi connectivity index (χ3n) is 0.870. The van der Waals surface area contributed by atoms with Crippen molar-refractivity contribution in [2.45, 2.75) is 5.51 Å². The van der Waals surface area contributed by atoms with Crippen LogP contribution in [0.3, 0.4) is 0 Å². The topological polar surface area (TPSA) is 66.4 Å². The van der Waals surface area contributed by atoms with Crippen molar-refractivity contribution in [2.75, 3.05) is 12.9 Å². The van der Waals surface area contributed by atoms with E-state index in [1.54, 1.807) is 0 Å². The summed E-state index contributed by atoms with van der Waals surface area (Å²) in [6.45, 7) is -0.486. The van der Waals surface area contributed by atoms with Crippen molar-refractivity contribution < 1.29 is 26.7 Å². The molecule has 1 unspecified atom stereocenters. The predicted octanol–water partition coefficient (Wildman–Crippen LogP) is 0.0338. The first kappa shape index (κ1) is 12.9. The lowest BCUT2D eigenvalue weighted by molar-refractivity contribution is -0.0440. The highest BCUT2D eigenvalue weighted by Crippen LogP contribution is 2.23. The molecule has 13 heavy (non-hydrogen) atoms. The minimum absolute atomic E-state index is 0.486. The molecule has 0 spiro atoms. The van der Waals surface area contributed by atoms with Crippen LogP contribution >= 0.6 is 10.7 Å². The molecule has 0 amide bonds. The van der Waals surface area contributed by atoms with Crippen LogP contribution in [-0.4, -0.2) is 37.3 Å². The molecule has 0 aromatic heterocycles. The summed E-state index contributed by atoms with van der Waals surface area (Å²) < 4.78 is 57.3. The average molecular weight is 239 g/mol. The van der Waals surface area contributed by atoms with E-state index in [0.717, 1.165) is 5.37 Å². The Bertz CT molecular complexity index is 294. The van der Waals surface area contributed by atoms with Crippen molar-refractivity contribution in [3.05, 3.63) is 0 Å². The van der Waals surface area contributed by atoms with E-state index in [2.05, 4.69) is 0 Å². The lowest BCUT2D eigenvalue weighted by atomic mass is 10.9. The molecule has 0 aliphatic rings. The third-order valence-corrected chi connectivity index (χ3v) is 4.06. The fourth-order valence-electron chi connectivity index (χ4n) is 0.366. The van der Waals surface area contributed by atoms with Crippen molar-refractivity contribution in [1.29, 1.82) is 0 Å². The van der Waals surface area contributed by atoms with Gasteiger partial charge in [-0.05, 0) is 11.6 Å². The lowest BCUT2D eigenvalue weighted by Crippen LogP contribution is -2.33. The summed E-state index contributed by atoms with van der Waals surface area (Å²) in [7, 11) is -6.62. The molecule has 0 aliphatic carbocycles. The van der Waals surface area contributed by atoms with Gasteiger partial charge in [-0.3, -0.25) is 0 Å². The Morgan fingerprint density at radius 1 is 1.54 bits per heavy atom. The van der Waals surface area contributed by atoms with Crippen LogP contribution in [0.15, 0.2) is 0 Å². The maximum Gasteiger partial charge on any atom is 0.512 e. The van der Waals surface area contributed by atoms with Crippen LogP contribution < -0.4 is 4.13 Å². The van der Waals surface area contributed by atoms with Crippen LogP contribution in [0.2, 0.25) is 0 Å². The van der Waals surface area contributed by atoms with Crippen molar-refractivity contribution in [3.8, 4) is 0 Å². The van der Waals surface area contributed by atoms with Gasteiger partial charge < -0.3 is 5.11 Å². The molecule has 0 bridgehead atoms. The van der Waals surface area contributed by atoms with E-state index in [4.69, 9.17) is 5.11 Å². The molecule has 0 fully saturated rings. The molecule has 0 aromatic carbocycles. The van der Waals surface area contributed by atoms with E-state index in [9.17, 15) is 21.6 Å². The Labute approximate surface area is 75.9 Å². The van der Waals surface area contributed by atoms with Crippen LogP contribution in [0.25, 0.3) is 0 Å². The Morgan fingerprint density at radius 2 is 2.00 bits per heavy atom. The van der Waals surface area contributed by atoms with E-state index >= 15 is 0 Å². The highest BCUT2D eigenvalue weighted by Gasteiger charge is 2.45. The number of hydrogen-bond acceptors (Lipinski definition) is 3. The van der Waals surface area contributed by atoms with E-state index < -0.39 is 32.8 Å². The van der Waals surface area contributed by atoms with E-state index in [-0.39, 0.29) is 0 Å². The maximum absolute atomic E-state index is 11.7. The Morgan fingerprint density at radius 3 is 2.31 bits per heavy atom. The molecule has 80 valence electrons. The zero-order chi connectivity index (χ0) is 10.7. The van der Waals surface area contributed by atoms with Crippen LogP contribution in [0.4, 0.5) is 13.2 Å². The van der Waals surface area contributed by atoms with Gasteiger partial charge in [-0.1, -0.05) is 0 Å². The van der Waals surface area contributed by atoms with Crippen LogP contribution in [0, 0.1) is 0 Å². The molecule has 0 rings (SSSR count). The number of aliphatic hydroxyl groups excluding tert-OH is 1. The van der Waals surface area contributed by atoms with Crippen LogP contribution in [0.5, 0.6) is 0 Å². The summed E-state index contributed by atoms with van der Waals surface area (Å²) in [6.07, 6.45) is 1.21. The average Bonchev–Trinajstić information content (AvgIpc) is 1.83. The monoisotopic (exact) mass is 239 g/mol. The zero-order valence-corrected chi connectivity index (χ0v) is 8.13. The molecule has 2 N–H and O–H groups in total. The van der Waals surface area contributed by atoms with Gasteiger partial charge in [-0.2, -0.15) is 17.3 Å². The van der Waals surface area contributed by atoms with Crippen molar-refractivity contribution >= 4 is 26.1 Å². The highest BCUT2D eigenvalue weighted by molar-refractivity contribution is 8.19. The van der Waals surface area contributed by atoms with Gasteiger partial charge in [0.1, 0.15) is 0 Å². The quantitative estimate of drug-likeness (QED) is 0.683. The molecule has 4 nitrogen and oxygen atoms in total. The first-order valence-corrected chi connectivity index (χ1v) is 6.06. The van der Waals surface area contributed by atoms with Crippen molar-refractivity contribution in [2.24, 2.45) is 0 Å². The van der Waals surface area contributed by atoms with Gasteiger partial charge in [-0.25, -0.2) is 8.42 Å². The van der Waals surface area contributed by atoms with E-state index in [0.29, 0.717) is 0 Å². The third kappa shape index (κ3) is 4.07. The number of halogens is 3. The molecule has 9 heteroatoms. The normalized spacial score (nSPS) is 16.1. The van der Waals surface area contributed by atoms with Crippen LogP contribution in [-0.2, 0) is 10.0 Å². The van der Waals surface area contributed by atoms with Gasteiger partial charge in [0, 0.05) is 0 Å². The fourth-order valence-corrected chi connectivity index (χ4v) is 2.62. The Kier molecular flexibility index (Phi) is 4.36. The maximum atomic E-state index is 11.7. The second kappa shape index (κ2) is 4.40. The molecule has 0 radical (unpaired) electrons. The fraction of sp³-hybridized carbons (Fsp3) is 0.750. The smallest absolute Gasteiger partial charge is 0.392 e. The van der Waals surface area contributed by atoms with Gasteiger partial charge >= 0.3 is 15.5 Å². The van der Waals surface area contributed by atoms with E-state index in [1.807, 2.05) is 0 Å². The predicted molar refractivity (Wildman–Crippen MR) is 44.8 cm³/mol. The molecule has 1 atom stereocenters. The van der Waals surface area contributed by atoms with Gasteiger partial charge in [0.2, 0.25) is 0 Å². The lowest BCUT2D eigenvalue weighted by Gasteiger charge is -2.09. The van der Waals surface area contributed by atoms with Gasteiger partial charge in [0.15, 0.2) is 0 Å². The molecular formula is C4H8F3NO3S2. The van der Waals surface area contributed by atoms with Crippen molar-refractivity contribution in [3.63, 3.8) is 0 Å². The minimum atomic E-state index is -5.31. The zero-order valence-electron chi connectivity index (χ0n) is 6.50. The van der Waals surface area contributed by atoms with Crippen molar-refractivity contribution in [1.82, 2.24) is 4.13 Å². The number of hydrogen-bond donors (Lipinski definition) is 2. The van der Waals surface area contributed by atoms with Gasteiger partial charge in [-0.15, -0.1) is 10.7 Å². The first-order valence-electron chi connectivity index (χ1n) is 2.88.